The molecular weight excluding hydrogens is 789 g/mol. The first-order valence-corrected chi connectivity index (χ1v) is 21.2. The number of methoxy groups -OCH3 is 2. The van der Waals surface area contributed by atoms with Crippen LogP contribution >= 0.6 is 0 Å². The topological polar surface area (TPSA) is 81.7 Å². The second-order valence-electron chi connectivity index (χ2n) is 15.1. The lowest BCUT2D eigenvalue weighted by molar-refractivity contribution is -0.202. The Morgan fingerprint density at radius 1 is 0.413 bits per heavy atom. The van der Waals surface area contributed by atoms with E-state index in [4.69, 9.17) is 33.2 Å². The molecule has 7 aromatic rings. The van der Waals surface area contributed by atoms with E-state index in [1.807, 2.05) is 164 Å². The van der Waals surface area contributed by atoms with Crippen LogP contribution in [-0.2, 0) is 60.5 Å². The monoisotopic (exact) mass is 842 g/mol. The molecule has 0 fully saturated rings. The summed E-state index contributed by atoms with van der Waals surface area (Å²) >= 11 is 0. The molecule has 0 aliphatic rings. The summed E-state index contributed by atoms with van der Waals surface area (Å²) in [5.41, 5.74) is 5.36. The Balaban J connectivity index is 1.33. The van der Waals surface area contributed by atoms with Crippen LogP contribution in [0.25, 0.3) is 0 Å². The fourth-order valence-electron chi connectivity index (χ4n) is 7.59. The van der Waals surface area contributed by atoms with Gasteiger partial charge in [0, 0.05) is 0 Å². The van der Waals surface area contributed by atoms with Crippen LogP contribution in [0, 0.1) is 0 Å². The molecule has 0 radical (unpaired) electrons. The van der Waals surface area contributed by atoms with Crippen molar-refractivity contribution in [2.75, 3.05) is 20.8 Å². The zero-order valence-corrected chi connectivity index (χ0v) is 35.7. The number of hydrogen-bond acceptors (Lipinski definition) is 8. The van der Waals surface area contributed by atoms with Crippen LogP contribution < -0.4 is 9.47 Å². The summed E-state index contributed by atoms with van der Waals surface area (Å²) in [6.45, 7) is 0.730. The molecule has 0 heterocycles. The summed E-state index contributed by atoms with van der Waals surface area (Å²) < 4.78 is 45.7. The van der Waals surface area contributed by atoms with Gasteiger partial charge in [-0.1, -0.05) is 176 Å². The molecule has 0 bridgehead atoms. The Morgan fingerprint density at radius 3 is 1.16 bits per heavy atom. The van der Waals surface area contributed by atoms with Crippen molar-refractivity contribution in [3.8, 4) is 11.5 Å². The molecule has 0 aromatic heterocycles. The van der Waals surface area contributed by atoms with Crippen molar-refractivity contribution in [1.82, 2.24) is 0 Å². The normalized spacial score (nSPS) is 13.4. The predicted molar refractivity (Wildman–Crippen MR) is 244 cm³/mol. The molecular formula is C55H54O8. The molecule has 0 saturated heterocycles. The SMILES string of the molecule is COc1ccc(CO[C@@H]([C@H](OCc2ccccc2)[C@H](C=O)OCc2ccc(OC)cc2)[C@@H](COC(c2ccccc2)(c2ccccc2)c2ccccc2)OCc2ccccc2)cc1. The fourth-order valence-corrected chi connectivity index (χ4v) is 7.59. The Bertz CT molecular complexity index is 2250. The number of benzene rings is 7. The molecule has 7 aromatic carbocycles. The van der Waals surface area contributed by atoms with Crippen molar-refractivity contribution in [3.63, 3.8) is 0 Å². The van der Waals surface area contributed by atoms with Crippen LogP contribution in [0.3, 0.4) is 0 Å². The van der Waals surface area contributed by atoms with Crippen molar-refractivity contribution in [3.05, 3.63) is 239 Å². The average Bonchev–Trinajstić information content (AvgIpc) is 3.36. The van der Waals surface area contributed by atoms with Gasteiger partial charge in [0.05, 0.1) is 47.3 Å². The number of hydrogen-bond donors (Lipinski definition) is 0. The maximum atomic E-state index is 13.4. The highest BCUT2D eigenvalue weighted by molar-refractivity contribution is 5.57. The third kappa shape index (κ3) is 12.0. The molecule has 63 heavy (non-hydrogen) atoms. The Labute approximate surface area is 370 Å². The number of ether oxygens (including phenoxy) is 7. The maximum absolute atomic E-state index is 13.4. The predicted octanol–water partition coefficient (Wildman–Crippen LogP) is 10.6. The zero-order valence-electron chi connectivity index (χ0n) is 35.7. The van der Waals surface area contributed by atoms with Gasteiger partial charge in [-0.3, -0.25) is 0 Å². The molecule has 0 N–H and O–H groups in total. The van der Waals surface area contributed by atoms with Gasteiger partial charge in [0.2, 0.25) is 0 Å². The van der Waals surface area contributed by atoms with Crippen molar-refractivity contribution < 1.29 is 38.0 Å². The molecule has 0 aliphatic carbocycles. The lowest BCUT2D eigenvalue weighted by Crippen LogP contribution is -2.52. The van der Waals surface area contributed by atoms with Crippen molar-refractivity contribution >= 4 is 6.29 Å². The van der Waals surface area contributed by atoms with E-state index < -0.39 is 30.0 Å². The summed E-state index contributed by atoms with van der Waals surface area (Å²) in [5, 5.41) is 0. The minimum Gasteiger partial charge on any atom is -0.497 e. The van der Waals surface area contributed by atoms with Crippen LogP contribution in [0.2, 0.25) is 0 Å². The van der Waals surface area contributed by atoms with Crippen LogP contribution in [0.15, 0.2) is 200 Å². The van der Waals surface area contributed by atoms with Gasteiger partial charge in [-0.15, -0.1) is 0 Å². The van der Waals surface area contributed by atoms with E-state index in [1.165, 1.54) is 0 Å². The second kappa shape index (κ2) is 23.2. The fraction of sp³-hybridized carbons (Fsp3) is 0.218. The summed E-state index contributed by atoms with van der Waals surface area (Å²) in [7, 11) is 3.26. The van der Waals surface area contributed by atoms with E-state index in [1.54, 1.807) is 14.2 Å². The van der Waals surface area contributed by atoms with E-state index in [-0.39, 0.29) is 33.0 Å². The smallest absolute Gasteiger partial charge is 0.151 e. The number of carbonyl (C=O) groups excluding carboxylic acids is 1. The zero-order chi connectivity index (χ0) is 43.5. The first-order valence-electron chi connectivity index (χ1n) is 21.2. The van der Waals surface area contributed by atoms with Gasteiger partial charge in [0.1, 0.15) is 41.5 Å². The number of rotatable bonds is 24. The van der Waals surface area contributed by atoms with E-state index in [0.29, 0.717) is 0 Å². The largest absolute Gasteiger partial charge is 0.497 e. The van der Waals surface area contributed by atoms with E-state index >= 15 is 0 Å². The third-order valence-corrected chi connectivity index (χ3v) is 10.9. The van der Waals surface area contributed by atoms with Crippen LogP contribution in [-0.4, -0.2) is 51.5 Å². The van der Waals surface area contributed by atoms with E-state index in [0.717, 1.165) is 56.7 Å². The number of aldehydes is 1. The minimum absolute atomic E-state index is 0.0219. The average molecular weight is 843 g/mol. The highest BCUT2D eigenvalue weighted by Crippen LogP contribution is 2.41. The Kier molecular flexibility index (Phi) is 16.4. The molecule has 322 valence electrons. The molecule has 0 spiro atoms. The molecule has 0 amide bonds. The maximum Gasteiger partial charge on any atom is 0.151 e. The molecule has 7 rings (SSSR count). The summed E-state index contributed by atoms with van der Waals surface area (Å²) in [6, 6.07) is 65.7. The second-order valence-corrected chi connectivity index (χ2v) is 15.1. The Hall–Kier alpha value is -6.39. The Morgan fingerprint density at radius 2 is 0.762 bits per heavy atom. The molecule has 4 atom stereocenters. The van der Waals surface area contributed by atoms with Crippen LogP contribution in [0.4, 0.5) is 0 Å². The van der Waals surface area contributed by atoms with Gasteiger partial charge in [-0.25, -0.2) is 0 Å². The summed E-state index contributed by atoms with van der Waals surface area (Å²) in [4.78, 5) is 13.4. The molecule has 8 heteroatoms. The van der Waals surface area contributed by atoms with E-state index in [2.05, 4.69) is 36.4 Å². The number of carbonyl (C=O) groups is 1. The minimum atomic E-state index is -1.08. The highest BCUT2D eigenvalue weighted by Gasteiger charge is 2.43. The highest BCUT2D eigenvalue weighted by atomic mass is 16.6. The van der Waals surface area contributed by atoms with Crippen molar-refractivity contribution in [2.45, 2.75) is 56.4 Å². The summed E-state index contributed by atoms with van der Waals surface area (Å²) in [6.07, 6.45) is -2.98. The molecule has 0 unspecified atom stereocenters. The first-order chi connectivity index (χ1) is 31.1. The van der Waals surface area contributed by atoms with Gasteiger partial charge in [-0.2, -0.15) is 0 Å². The third-order valence-electron chi connectivity index (χ3n) is 10.9. The van der Waals surface area contributed by atoms with Gasteiger partial charge in [0.25, 0.3) is 0 Å². The van der Waals surface area contributed by atoms with Crippen LogP contribution in [0.1, 0.15) is 38.9 Å². The van der Waals surface area contributed by atoms with E-state index in [9.17, 15) is 4.79 Å². The molecule has 8 nitrogen and oxygen atoms in total. The molecule has 0 aliphatic heterocycles. The van der Waals surface area contributed by atoms with Crippen molar-refractivity contribution in [2.24, 2.45) is 0 Å². The van der Waals surface area contributed by atoms with Crippen LogP contribution in [0.5, 0.6) is 11.5 Å². The lowest BCUT2D eigenvalue weighted by Gasteiger charge is -2.40. The lowest BCUT2D eigenvalue weighted by atomic mass is 9.80. The quantitative estimate of drug-likeness (QED) is 0.0440. The standard InChI is InChI=1S/C55H54O8/c1-57-49-32-28-44(29-33-49)38-59-51(36-56)53(61-39-43-20-10-4-11-21-43)54(62-40-45-30-34-50(58-2)35-31-45)52(60-37-42-18-8-3-9-19-42)41-63-55(46-22-12-5-13-23-46,47-24-14-6-15-25-47)48-26-16-7-17-27-48/h3-36,51-54H,37-41H2,1-2H3/t51-,52+,53+,54+/m0/s1. The summed E-state index contributed by atoms with van der Waals surface area (Å²) in [5.74, 6) is 1.45. The van der Waals surface area contributed by atoms with Gasteiger partial charge in [-0.05, 0) is 63.2 Å². The van der Waals surface area contributed by atoms with Gasteiger partial charge < -0.3 is 38.0 Å². The van der Waals surface area contributed by atoms with Crippen molar-refractivity contribution in [1.29, 1.82) is 0 Å². The first kappa shape index (κ1) is 44.7. The molecule has 0 saturated carbocycles. The van der Waals surface area contributed by atoms with Gasteiger partial charge >= 0.3 is 0 Å². The van der Waals surface area contributed by atoms with Gasteiger partial charge in [0.15, 0.2) is 6.29 Å².